The van der Waals surface area contributed by atoms with Crippen molar-refractivity contribution in [2.45, 2.75) is 20.3 Å². The summed E-state index contributed by atoms with van der Waals surface area (Å²) in [5, 5.41) is 5.22. The Balaban J connectivity index is 1.63. The molecule has 1 aromatic carbocycles. The fourth-order valence-electron chi connectivity index (χ4n) is 2.66. The molecule has 0 aliphatic rings. The van der Waals surface area contributed by atoms with Crippen LogP contribution in [-0.2, 0) is 18.3 Å². The lowest BCUT2D eigenvalue weighted by Crippen LogP contribution is -2.42. The Morgan fingerprint density at radius 3 is 2.56 bits per heavy atom. The van der Waals surface area contributed by atoms with Crippen LogP contribution in [0, 0.1) is 13.8 Å². The van der Waals surface area contributed by atoms with Crippen LogP contribution in [0.1, 0.15) is 27.4 Å². The number of carbonyl (C=O) groups excluding carboxylic acids is 2. The van der Waals surface area contributed by atoms with Crippen molar-refractivity contribution in [2.75, 3.05) is 0 Å². The number of benzene rings is 1. The van der Waals surface area contributed by atoms with Crippen molar-refractivity contribution >= 4 is 22.7 Å². The maximum Gasteiger partial charge on any atom is 0.288 e. The molecule has 0 aliphatic heterocycles. The molecule has 0 saturated carbocycles. The molecule has 2 aromatic heterocycles. The van der Waals surface area contributed by atoms with Gasteiger partial charge in [0.1, 0.15) is 5.69 Å². The highest BCUT2D eigenvalue weighted by molar-refractivity contribution is 5.96. The topological polar surface area (TPSA) is 88.9 Å². The van der Waals surface area contributed by atoms with Gasteiger partial charge in [-0.3, -0.25) is 25.1 Å². The van der Waals surface area contributed by atoms with Crippen LogP contribution in [0.2, 0.25) is 0 Å². The largest absolute Gasteiger partial charge is 0.288 e. The average molecular weight is 337 g/mol. The highest BCUT2D eigenvalue weighted by atomic mass is 16.2. The molecule has 0 radical (unpaired) electrons. The molecule has 2 heterocycles. The monoisotopic (exact) mass is 337 g/mol. The van der Waals surface area contributed by atoms with E-state index in [1.807, 2.05) is 51.2 Å². The molecular weight excluding hydrogens is 318 g/mol. The second-order valence-electron chi connectivity index (χ2n) is 5.84. The predicted molar refractivity (Wildman–Crippen MR) is 93.7 cm³/mol. The lowest BCUT2D eigenvalue weighted by molar-refractivity contribution is -0.121. The Labute approximate surface area is 145 Å². The van der Waals surface area contributed by atoms with Crippen molar-refractivity contribution in [3.63, 3.8) is 0 Å². The van der Waals surface area contributed by atoms with Gasteiger partial charge in [-0.15, -0.1) is 0 Å². The van der Waals surface area contributed by atoms with Crippen molar-refractivity contribution in [3.05, 3.63) is 59.0 Å². The second-order valence-corrected chi connectivity index (χ2v) is 5.84. The summed E-state index contributed by atoms with van der Waals surface area (Å²) in [6.45, 7) is 3.76. The molecule has 0 fully saturated rings. The molecule has 0 spiro atoms. The van der Waals surface area contributed by atoms with Crippen molar-refractivity contribution in [3.8, 4) is 0 Å². The third kappa shape index (κ3) is 3.50. The Hall–Kier alpha value is -3.22. The second kappa shape index (κ2) is 6.72. The summed E-state index contributed by atoms with van der Waals surface area (Å²) in [6, 6.07) is 11.0. The van der Waals surface area contributed by atoms with Crippen molar-refractivity contribution in [1.82, 2.24) is 25.6 Å². The number of rotatable bonds is 3. The number of aryl methyl sites for hydroxylation is 2. The summed E-state index contributed by atoms with van der Waals surface area (Å²) in [7, 11) is 1.83. The number of amides is 2. The summed E-state index contributed by atoms with van der Waals surface area (Å²) in [6.07, 6.45) is 0.150. The number of pyridine rings is 1. The van der Waals surface area contributed by atoms with Crippen LogP contribution in [0.15, 0.2) is 36.4 Å². The summed E-state index contributed by atoms with van der Waals surface area (Å²) < 4.78 is 1.73. The fourth-order valence-corrected chi connectivity index (χ4v) is 2.66. The molecule has 0 aliphatic carbocycles. The van der Waals surface area contributed by atoms with Crippen LogP contribution in [0.5, 0.6) is 0 Å². The standard InChI is InChI=1S/C18H19N5O2/c1-11-14(12(2)23(3)22-11)10-17(24)20-21-18(25)16-9-8-13-6-4-5-7-15(13)19-16/h4-9H,10H2,1-3H3,(H,20,24)(H,21,25). The van der Waals surface area contributed by atoms with E-state index in [-0.39, 0.29) is 18.0 Å². The number of nitrogens with one attached hydrogen (secondary N) is 2. The van der Waals surface area contributed by atoms with Crippen molar-refractivity contribution in [1.29, 1.82) is 0 Å². The molecule has 3 rings (SSSR count). The van der Waals surface area contributed by atoms with Gasteiger partial charge in [-0.25, -0.2) is 4.98 Å². The molecule has 0 saturated heterocycles. The van der Waals surface area contributed by atoms with Gasteiger partial charge in [0.25, 0.3) is 5.91 Å². The van der Waals surface area contributed by atoms with Crippen LogP contribution in [-0.4, -0.2) is 26.6 Å². The quantitative estimate of drug-likeness (QED) is 0.710. The van der Waals surface area contributed by atoms with E-state index in [1.165, 1.54) is 0 Å². The lowest BCUT2D eigenvalue weighted by Gasteiger charge is -2.08. The third-order valence-corrected chi connectivity index (χ3v) is 4.14. The number of hydrazine groups is 1. The van der Waals surface area contributed by atoms with Gasteiger partial charge in [0, 0.05) is 23.7 Å². The van der Waals surface area contributed by atoms with Crippen LogP contribution in [0.3, 0.4) is 0 Å². The van der Waals surface area contributed by atoms with Crippen molar-refractivity contribution < 1.29 is 9.59 Å². The van der Waals surface area contributed by atoms with Crippen LogP contribution in [0.4, 0.5) is 0 Å². The first-order valence-electron chi connectivity index (χ1n) is 7.90. The molecule has 2 amide bonds. The number of fused-ring (bicyclic) bond motifs is 1. The molecule has 0 atom stereocenters. The van der Waals surface area contributed by atoms with E-state index in [0.29, 0.717) is 0 Å². The summed E-state index contributed by atoms with van der Waals surface area (Å²) in [4.78, 5) is 28.6. The number of para-hydroxylation sites is 1. The van der Waals surface area contributed by atoms with Gasteiger partial charge in [-0.2, -0.15) is 5.10 Å². The van der Waals surface area contributed by atoms with E-state index >= 15 is 0 Å². The number of aromatic nitrogens is 3. The van der Waals surface area contributed by atoms with Crippen LogP contribution >= 0.6 is 0 Å². The Bertz CT molecular complexity index is 961. The molecule has 0 bridgehead atoms. The molecule has 25 heavy (non-hydrogen) atoms. The molecule has 3 aromatic rings. The number of hydrogen-bond donors (Lipinski definition) is 2. The molecule has 0 unspecified atom stereocenters. The first kappa shape index (κ1) is 16.6. The summed E-state index contributed by atoms with van der Waals surface area (Å²) in [5.74, 6) is -0.771. The van der Waals surface area contributed by atoms with Gasteiger partial charge in [0.15, 0.2) is 0 Å². The zero-order chi connectivity index (χ0) is 18.0. The van der Waals surface area contributed by atoms with E-state index < -0.39 is 5.91 Å². The number of hydrogen-bond acceptors (Lipinski definition) is 4. The Morgan fingerprint density at radius 2 is 1.84 bits per heavy atom. The molecule has 128 valence electrons. The minimum absolute atomic E-state index is 0.150. The third-order valence-electron chi connectivity index (χ3n) is 4.14. The number of nitrogens with zero attached hydrogens (tertiary/aromatic N) is 3. The zero-order valence-corrected chi connectivity index (χ0v) is 14.3. The summed E-state index contributed by atoms with van der Waals surface area (Å²) >= 11 is 0. The maximum atomic E-state index is 12.2. The van der Waals surface area contributed by atoms with Gasteiger partial charge in [-0.1, -0.05) is 24.3 Å². The highest BCUT2D eigenvalue weighted by Crippen LogP contribution is 2.13. The normalized spacial score (nSPS) is 10.7. The summed E-state index contributed by atoms with van der Waals surface area (Å²) in [5.41, 5.74) is 8.38. The minimum Gasteiger partial charge on any atom is -0.273 e. The first-order chi connectivity index (χ1) is 12.0. The average Bonchev–Trinajstić information content (AvgIpc) is 2.85. The molecule has 7 nitrogen and oxygen atoms in total. The SMILES string of the molecule is Cc1nn(C)c(C)c1CC(=O)NNC(=O)c1ccc2ccccc2n1. The first-order valence-corrected chi connectivity index (χ1v) is 7.90. The van der Waals surface area contributed by atoms with Crippen LogP contribution in [0.25, 0.3) is 10.9 Å². The van der Waals surface area contributed by atoms with E-state index in [2.05, 4.69) is 20.9 Å². The number of carbonyl (C=O) groups is 2. The fraction of sp³-hybridized carbons (Fsp3) is 0.222. The Morgan fingerprint density at radius 1 is 1.08 bits per heavy atom. The lowest BCUT2D eigenvalue weighted by atomic mass is 10.1. The van der Waals surface area contributed by atoms with Crippen LogP contribution < -0.4 is 10.9 Å². The van der Waals surface area contributed by atoms with Gasteiger partial charge < -0.3 is 0 Å². The molecular formula is C18H19N5O2. The van der Waals surface area contributed by atoms with Gasteiger partial charge in [0.2, 0.25) is 5.91 Å². The van der Waals surface area contributed by atoms with E-state index in [1.54, 1.807) is 10.7 Å². The zero-order valence-electron chi connectivity index (χ0n) is 14.3. The molecule has 2 N–H and O–H groups in total. The van der Waals surface area contributed by atoms with Crippen molar-refractivity contribution in [2.24, 2.45) is 7.05 Å². The van der Waals surface area contributed by atoms with E-state index in [0.717, 1.165) is 27.9 Å². The van der Waals surface area contributed by atoms with Gasteiger partial charge in [-0.05, 0) is 26.0 Å². The minimum atomic E-state index is -0.460. The predicted octanol–water partition coefficient (Wildman–Crippen LogP) is 1.59. The molecule has 7 heteroatoms. The highest BCUT2D eigenvalue weighted by Gasteiger charge is 2.14. The van der Waals surface area contributed by atoms with E-state index in [9.17, 15) is 9.59 Å². The van der Waals surface area contributed by atoms with Gasteiger partial charge >= 0.3 is 0 Å². The maximum absolute atomic E-state index is 12.2. The Kier molecular flexibility index (Phi) is 4.47. The smallest absolute Gasteiger partial charge is 0.273 e. The van der Waals surface area contributed by atoms with E-state index in [4.69, 9.17) is 0 Å². The van der Waals surface area contributed by atoms with Gasteiger partial charge in [0.05, 0.1) is 17.6 Å².